The van der Waals surface area contributed by atoms with Gasteiger partial charge in [-0.05, 0) is 37.1 Å². The van der Waals surface area contributed by atoms with E-state index in [2.05, 4.69) is 5.32 Å². The summed E-state index contributed by atoms with van der Waals surface area (Å²) < 4.78 is 27.3. The molecule has 1 N–H and O–H groups in total. The summed E-state index contributed by atoms with van der Waals surface area (Å²) >= 11 is 0. The molecule has 0 spiro atoms. The summed E-state index contributed by atoms with van der Waals surface area (Å²) in [6.07, 6.45) is 4.14. The van der Waals surface area contributed by atoms with E-state index in [1.165, 1.54) is 4.31 Å². The molecule has 0 radical (unpaired) electrons. The van der Waals surface area contributed by atoms with Gasteiger partial charge in [-0.15, -0.1) is 0 Å². The van der Waals surface area contributed by atoms with Crippen LogP contribution >= 0.6 is 0 Å². The van der Waals surface area contributed by atoms with E-state index in [1.54, 1.807) is 54.6 Å². The summed E-state index contributed by atoms with van der Waals surface area (Å²) in [4.78, 5) is 12.6. The first-order chi connectivity index (χ1) is 12.1. The van der Waals surface area contributed by atoms with Gasteiger partial charge in [-0.1, -0.05) is 49.2 Å². The Hall–Kier alpha value is -2.34. The molecule has 2 aromatic carbocycles. The number of hydrogen-bond acceptors (Lipinski definition) is 3. The number of hydrogen-bond donors (Lipinski definition) is 1. The fourth-order valence-corrected chi connectivity index (χ4v) is 4.54. The molecule has 132 valence electrons. The number of nitrogens with one attached hydrogen (secondary N) is 1. The van der Waals surface area contributed by atoms with Crippen LogP contribution in [0, 0.1) is 0 Å². The molecule has 6 heteroatoms. The van der Waals surface area contributed by atoms with Gasteiger partial charge in [-0.3, -0.25) is 9.10 Å². The minimum atomic E-state index is -3.81. The number of benzene rings is 2. The lowest BCUT2D eigenvalue weighted by molar-refractivity contribution is -0.120. The zero-order valence-corrected chi connectivity index (χ0v) is 14.8. The van der Waals surface area contributed by atoms with E-state index in [1.807, 2.05) is 6.07 Å². The smallest absolute Gasteiger partial charge is 0.264 e. The zero-order chi connectivity index (χ0) is 17.7. The minimum absolute atomic E-state index is 0.157. The Labute approximate surface area is 148 Å². The van der Waals surface area contributed by atoms with E-state index < -0.39 is 10.0 Å². The minimum Gasteiger partial charge on any atom is -0.352 e. The molecule has 1 aliphatic rings. The molecular weight excluding hydrogens is 336 g/mol. The predicted molar refractivity (Wildman–Crippen MR) is 97.8 cm³/mol. The average Bonchev–Trinajstić information content (AvgIpc) is 3.14. The Morgan fingerprint density at radius 2 is 1.52 bits per heavy atom. The summed E-state index contributed by atoms with van der Waals surface area (Å²) in [6, 6.07) is 17.1. The Bertz CT molecular complexity index is 801. The van der Waals surface area contributed by atoms with Crippen LogP contribution in [0.2, 0.25) is 0 Å². The molecular formula is C19H22N2O3S. The van der Waals surface area contributed by atoms with Crippen LogP contribution in [0.4, 0.5) is 5.69 Å². The van der Waals surface area contributed by atoms with Crippen molar-refractivity contribution < 1.29 is 13.2 Å². The molecule has 0 atom stereocenters. The molecule has 1 fully saturated rings. The molecule has 0 aromatic heterocycles. The molecule has 5 nitrogen and oxygen atoms in total. The van der Waals surface area contributed by atoms with Gasteiger partial charge in [-0.25, -0.2) is 8.42 Å². The molecule has 3 rings (SSSR count). The van der Waals surface area contributed by atoms with Gasteiger partial charge in [0, 0.05) is 6.04 Å². The van der Waals surface area contributed by atoms with Crippen molar-refractivity contribution in [3.05, 3.63) is 60.7 Å². The second-order valence-corrected chi connectivity index (χ2v) is 8.07. The third-order valence-corrected chi connectivity index (χ3v) is 6.17. The third kappa shape index (κ3) is 4.20. The number of anilines is 1. The maximum Gasteiger partial charge on any atom is 0.264 e. The maximum atomic E-state index is 13.1. The van der Waals surface area contributed by atoms with Crippen LogP contribution in [0.5, 0.6) is 0 Å². The number of nitrogens with zero attached hydrogens (tertiary/aromatic N) is 1. The Morgan fingerprint density at radius 3 is 2.12 bits per heavy atom. The quantitative estimate of drug-likeness (QED) is 0.863. The molecule has 1 amide bonds. The van der Waals surface area contributed by atoms with Crippen molar-refractivity contribution >= 4 is 21.6 Å². The molecule has 0 bridgehead atoms. The Balaban J connectivity index is 1.86. The summed E-state index contributed by atoms with van der Waals surface area (Å²) in [5, 5.41) is 2.96. The second-order valence-electron chi connectivity index (χ2n) is 6.21. The van der Waals surface area contributed by atoms with Gasteiger partial charge in [0.05, 0.1) is 10.6 Å². The van der Waals surface area contributed by atoms with Crippen LogP contribution in [-0.4, -0.2) is 26.9 Å². The van der Waals surface area contributed by atoms with Crippen LogP contribution in [0.3, 0.4) is 0 Å². The third-order valence-electron chi connectivity index (χ3n) is 4.38. The molecule has 1 aliphatic carbocycles. The first-order valence-corrected chi connectivity index (χ1v) is 9.93. The topological polar surface area (TPSA) is 66.5 Å². The monoisotopic (exact) mass is 358 g/mol. The number of sulfonamides is 1. The molecule has 0 heterocycles. The highest BCUT2D eigenvalue weighted by molar-refractivity contribution is 7.92. The van der Waals surface area contributed by atoms with E-state index in [9.17, 15) is 13.2 Å². The largest absolute Gasteiger partial charge is 0.352 e. The number of amides is 1. The van der Waals surface area contributed by atoms with Gasteiger partial charge >= 0.3 is 0 Å². The lowest BCUT2D eigenvalue weighted by atomic mass is 10.2. The van der Waals surface area contributed by atoms with Crippen LogP contribution in [0.15, 0.2) is 65.6 Å². The first-order valence-electron chi connectivity index (χ1n) is 8.49. The van der Waals surface area contributed by atoms with Crippen molar-refractivity contribution in [3.8, 4) is 0 Å². The van der Waals surface area contributed by atoms with E-state index in [4.69, 9.17) is 0 Å². The normalized spacial score (nSPS) is 15.0. The Morgan fingerprint density at radius 1 is 0.960 bits per heavy atom. The van der Waals surface area contributed by atoms with E-state index in [0.29, 0.717) is 5.69 Å². The van der Waals surface area contributed by atoms with E-state index in [0.717, 1.165) is 25.7 Å². The zero-order valence-electron chi connectivity index (χ0n) is 14.0. The summed E-state index contributed by atoms with van der Waals surface area (Å²) in [6.45, 7) is -0.224. The number of para-hydroxylation sites is 1. The first kappa shape index (κ1) is 17.5. The van der Waals surface area contributed by atoms with Crippen LogP contribution in [0.1, 0.15) is 25.7 Å². The lowest BCUT2D eigenvalue weighted by Gasteiger charge is -2.25. The van der Waals surface area contributed by atoms with Crippen molar-refractivity contribution in [1.29, 1.82) is 0 Å². The Kier molecular flexibility index (Phi) is 5.38. The van der Waals surface area contributed by atoms with Crippen molar-refractivity contribution in [1.82, 2.24) is 5.32 Å². The highest BCUT2D eigenvalue weighted by Crippen LogP contribution is 2.23. The lowest BCUT2D eigenvalue weighted by Crippen LogP contribution is -2.43. The van der Waals surface area contributed by atoms with E-state index >= 15 is 0 Å². The number of carbonyl (C=O) groups is 1. The van der Waals surface area contributed by atoms with Crippen molar-refractivity contribution in [2.24, 2.45) is 0 Å². The van der Waals surface area contributed by atoms with Gasteiger partial charge < -0.3 is 5.32 Å². The standard InChI is InChI=1S/C19H22N2O3S/c22-19(20-16-9-7-8-10-16)15-21(17-11-3-1-4-12-17)25(23,24)18-13-5-2-6-14-18/h1-6,11-14,16H,7-10,15H2,(H,20,22). The van der Waals surface area contributed by atoms with Gasteiger partial charge in [-0.2, -0.15) is 0 Å². The molecule has 0 unspecified atom stereocenters. The fraction of sp³-hybridized carbons (Fsp3) is 0.316. The van der Waals surface area contributed by atoms with Crippen molar-refractivity contribution in [3.63, 3.8) is 0 Å². The van der Waals surface area contributed by atoms with Gasteiger partial charge in [0.2, 0.25) is 5.91 Å². The molecule has 0 aliphatic heterocycles. The van der Waals surface area contributed by atoms with Crippen LogP contribution in [-0.2, 0) is 14.8 Å². The van der Waals surface area contributed by atoms with Gasteiger partial charge in [0.1, 0.15) is 6.54 Å². The van der Waals surface area contributed by atoms with Crippen LogP contribution in [0.25, 0.3) is 0 Å². The van der Waals surface area contributed by atoms with Crippen molar-refractivity contribution in [2.75, 3.05) is 10.8 Å². The second kappa shape index (κ2) is 7.70. The van der Waals surface area contributed by atoms with Crippen LogP contribution < -0.4 is 9.62 Å². The summed E-state index contributed by atoms with van der Waals surface area (Å²) in [7, 11) is -3.81. The number of carbonyl (C=O) groups excluding carboxylic acids is 1. The molecule has 2 aromatic rings. The van der Waals surface area contributed by atoms with Gasteiger partial charge in [0.25, 0.3) is 10.0 Å². The molecule has 0 saturated heterocycles. The predicted octanol–water partition coefficient (Wildman–Crippen LogP) is 2.94. The molecule has 25 heavy (non-hydrogen) atoms. The number of rotatable bonds is 6. The highest BCUT2D eigenvalue weighted by Gasteiger charge is 2.28. The fourth-order valence-electron chi connectivity index (χ4n) is 3.10. The summed E-state index contributed by atoms with van der Waals surface area (Å²) in [5.74, 6) is -0.268. The van der Waals surface area contributed by atoms with E-state index in [-0.39, 0.29) is 23.4 Å². The average molecular weight is 358 g/mol. The maximum absolute atomic E-state index is 13.1. The summed E-state index contributed by atoms with van der Waals surface area (Å²) in [5.41, 5.74) is 0.480. The van der Waals surface area contributed by atoms with Gasteiger partial charge in [0.15, 0.2) is 0 Å². The highest BCUT2D eigenvalue weighted by atomic mass is 32.2. The van der Waals surface area contributed by atoms with Crippen molar-refractivity contribution in [2.45, 2.75) is 36.6 Å². The molecule has 1 saturated carbocycles. The SMILES string of the molecule is O=C(CN(c1ccccc1)S(=O)(=O)c1ccccc1)NC1CCCC1.